The molecule has 0 atom stereocenters. The molecule has 30 heavy (non-hydrogen) atoms. The molecule has 0 aliphatic carbocycles. The summed E-state index contributed by atoms with van der Waals surface area (Å²) >= 11 is 6.32. The minimum atomic E-state index is -0.109. The number of likely N-dealkylation sites (N-methyl/N-ethyl adjacent to an activating group) is 1. The minimum absolute atomic E-state index is 0.109. The summed E-state index contributed by atoms with van der Waals surface area (Å²) in [5.41, 5.74) is 3.85. The number of hydrogen-bond acceptors (Lipinski definition) is 3. The molecule has 0 saturated heterocycles. The van der Waals surface area contributed by atoms with Gasteiger partial charge in [-0.15, -0.1) is 0 Å². The van der Waals surface area contributed by atoms with E-state index in [0.29, 0.717) is 10.7 Å². The third-order valence-electron chi connectivity index (χ3n) is 5.28. The first-order chi connectivity index (χ1) is 14.5. The summed E-state index contributed by atoms with van der Waals surface area (Å²) < 4.78 is 0. The molecule has 2 aromatic rings. The van der Waals surface area contributed by atoms with E-state index < -0.39 is 0 Å². The standard InChI is InChI=1S/C25H30ClN3O/c1-4-6-15-29(16-7-5-2)18-22-25(30)28(3)23-14-13-20(26)17-21(23)24(27-22)19-11-9-8-10-12-19/h8-14,17-18H,4-7,15-16H2,1-3H3/b22-18+. The zero-order chi connectivity index (χ0) is 21.5. The molecule has 3 rings (SSSR count). The summed E-state index contributed by atoms with van der Waals surface area (Å²) in [5, 5.41) is 0.623. The van der Waals surface area contributed by atoms with Gasteiger partial charge in [-0.25, -0.2) is 4.99 Å². The molecule has 0 unspecified atom stereocenters. The van der Waals surface area contributed by atoms with Gasteiger partial charge in [0.1, 0.15) is 5.70 Å². The predicted octanol–water partition coefficient (Wildman–Crippen LogP) is 5.90. The van der Waals surface area contributed by atoms with E-state index >= 15 is 0 Å². The molecule has 0 bridgehead atoms. The summed E-state index contributed by atoms with van der Waals surface area (Å²) in [5.74, 6) is -0.109. The minimum Gasteiger partial charge on any atom is -0.375 e. The molecule has 1 heterocycles. The van der Waals surface area contributed by atoms with E-state index in [1.165, 1.54) is 0 Å². The van der Waals surface area contributed by atoms with Gasteiger partial charge in [-0.05, 0) is 31.0 Å². The highest BCUT2D eigenvalue weighted by Gasteiger charge is 2.26. The van der Waals surface area contributed by atoms with Crippen LogP contribution in [0.1, 0.15) is 50.7 Å². The maximum absolute atomic E-state index is 13.3. The zero-order valence-corrected chi connectivity index (χ0v) is 18.8. The third kappa shape index (κ3) is 5.11. The lowest BCUT2D eigenvalue weighted by Gasteiger charge is -2.22. The molecule has 0 fully saturated rings. The SMILES string of the molecule is CCCCN(/C=C1/N=C(c2ccccc2)c2cc(Cl)ccc2N(C)C1=O)CCCC. The number of carbonyl (C=O) groups excluding carboxylic acids is 1. The largest absolute Gasteiger partial charge is 0.375 e. The van der Waals surface area contributed by atoms with Gasteiger partial charge in [0.25, 0.3) is 5.91 Å². The molecule has 4 nitrogen and oxygen atoms in total. The number of benzene rings is 2. The van der Waals surface area contributed by atoms with Crippen LogP contribution in [0.2, 0.25) is 5.02 Å². The second kappa shape index (κ2) is 10.4. The number of benzodiazepines with no additional fused rings is 1. The highest BCUT2D eigenvalue weighted by molar-refractivity contribution is 6.32. The first kappa shape index (κ1) is 22.1. The molecule has 0 radical (unpaired) electrons. The number of aliphatic imine (C=N–C) groups is 1. The van der Waals surface area contributed by atoms with Crippen molar-refractivity contribution in [2.75, 3.05) is 25.0 Å². The fourth-order valence-electron chi connectivity index (χ4n) is 3.54. The first-order valence-electron chi connectivity index (χ1n) is 10.7. The van der Waals surface area contributed by atoms with E-state index in [1.54, 1.807) is 11.9 Å². The number of amides is 1. The maximum Gasteiger partial charge on any atom is 0.278 e. The third-order valence-corrected chi connectivity index (χ3v) is 5.52. The Morgan fingerprint density at radius 1 is 1.03 bits per heavy atom. The number of unbranched alkanes of at least 4 members (excludes halogenated alkanes) is 2. The van der Waals surface area contributed by atoms with Crippen LogP contribution in [0.4, 0.5) is 5.69 Å². The highest BCUT2D eigenvalue weighted by atomic mass is 35.5. The lowest BCUT2D eigenvalue weighted by atomic mass is 10.0. The Bertz CT molecular complexity index is 929. The Kier molecular flexibility index (Phi) is 7.69. The molecule has 0 spiro atoms. The van der Waals surface area contributed by atoms with Crippen LogP contribution in [0.25, 0.3) is 0 Å². The Labute approximate surface area is 184 Å². The van der Waals surface area contributed by atoms with E-state index in [-0.39, 0.29) is 5.91 Å². The first-order valence-corrected chi connectivity index (χ1v) is 11.1. The molecular weight excluding hydrogens is 394 g/mol. The number of nitrogens with zero attached hydrogens (tertiary/aromatic N) is 3. The number of anilines is 1. The Balaban J connectivity index is 2.13. The normalized spacial score (nSPS) is 15.1. The van der Waals surface area contributed by atoms with E-state index in [1.807, 2.05) is 54.7 Å². The van der Waals surface area contributed by atoms with E-state index in [2.05, 4.69) is 18.7 Å². The molecular formula is C25H30ClN3O. The van der Waals surface area contributed by atoms with Crippen molar-refractivity contribution < 1.29 is 4.79 Å². The van der Waals surface area contributed by atoms with Gasteiger partial charge in [0, 0.05) is 42.5 Å². The number of halogens is 1. The van der Waals surface area contributed by atoms with Crippen LogP contribution in [0.3, 0.4) is 0 Å². The number of rotatable bonds is 8. The van der Waals surface area contributed by atoms with Gasteiger partial charge in [0.05, 0.1) is 11.4 Å². The monoisotopic (exact) mass is 423 g/mol. The Morgan fingerprint density at radius 3 is 2.33 bits per heavy atom. The van der Waals surface area contributed by atoms with Crippen LogP contribution in [0.15, 0.2) is 65.4 Å². The van der Waals surface area contributed by atoms with Crippen LogP contribution in [-0.4, -0.2) is 36.7 Å². The number of carbonyl (C=O) groups is 1. The van der Waals surface area contributed by atoms with Crippen LogP contribution in [0.5, 0.6) is 0 Å². The average Bonchev–Trinajstić information content (AvgIpc) is 2.86. The summed E-state index contributed by atoms with van der Waals surface area (Å²) in [6, 6.07) is 15.6. The van der Waals surface area contributed by atoms with Crippen molar-refractivity contribution in [1.82, 2.24) is 4.90 Å². The zero-order valence-electron chi connectivity index (χ0n) is 18.1. The Morgan fingerprint density at radius 2 is 1.70 bits per heavy atom. The molecule has 0 N–H and O–H groups in total. The van der Waals surface area contributed by atoms with E-state index in [4.69, 9.17) is 16.6 Å². The average molecular weight is 424 g/mol. The number of hydrogen-bond donors (Lipinski definition) is 0. The molecule has 2 aromatic carbocycles. The summed E-state index contributed by atoms with van der Waals surface area (Å²) in [6.45, 7) is 6.21. The summed E-state index contributed by atoms with van der Waals surface area (Å²) in [6.07, 6.45) is 6.34. The number of fused-ring (bicyclic) bond motifs is 1. The highest BCUT2D eigenvalue weighted by Crippen LogP contribution is 2.31. The van der Waals surface area contributed by atoms with Gasteiger partial charge in [-0.3, -0.25) is 4.79 Å². The lowest BCUT2D eigenvalue weighted by Crippen LogP contribution is -2.29. The molecule has 1 aliphatic heterocycles. The Hall–Kier alpha value is -2.59. The van der Waals surface area contributed by atoms with Crippen LogP contribution < -0.4 is 4.90 Å². The molecule has 158 valence electrons. The molecule has 0 saturated carbocycles. The molecule has 5 heteroatoms. The summed E-state index contributed by atoms with van der Waals surface area (Å²) in [7, 11) is 1.80. The molecule has 1 amide bonds. The fraction of sp³-hybridized carbons (Fsp3) is 0.360. The van der Waals surface area contributed by atoms with Crippen molar-refractivity contribution in [1.29, 1.82) is 0 Å². The second-order valence-electron chi connectivity index (χ2n) is 7.61. The van der Waals surface area contributed by atoms with Gasteiger partial charge in [0.15, 0.2) is 0 Å². The second-order valence-corrected chi connectivity index (χ2v) is 8.05. The summed E-state index contributed by atoms with van der Waals surface area (Å²) in [4.78, 5) is 22.2. The van der Waals surface area contributed by atoms with Gasteiger partial charge in [-0.1, -0.05) is 68.6 Å². The van der Waals surface area contributed by atoms with Gasteiger partial charge >= 0.3 is 0 Å². The lowest BCUT2D eigenvalue weighted by molar-refractivity contribution is -0.114. The molecule has 0 aromatic heterocycles. The quantitative estimate of drug-likeness (QED) is 0.495. The van der Waals surface area contributed by atoms with Crippen molar-refractivity contribution in [2.45, 2.75) is 39.5 Å². The van der Waals surface area contributed by atoms with Crippen LogP contribution >= 0.6 is 11.6 Å². The fourth-order valence-corrected chi connectivity index (χ4v) is 3.71. The van der Waals surface area contributed by atoms with Crippen LogP contribution in [0, 0.1) is 0 Å². The van der Waals surface area contributed by atoms with Crippen molar-refractivity contribution in [3.63, 3.8) is 0 Å². The maximum atomic E-state index is 13.3. The van der Waals surface area contributed by atoms with Gasteiger partial charge in [0.2, 0.25) is 0 Å². The van der Waals surface area contributed by atoms with Crippen LogP contribution in [-0.2, 0) is 4.79 Å². The molecule has 1 aliphatic rings. The van der Waals surface area contributed by atoms with Crippen molar-refractivity contribution >= 4 is 28.9 Å². The smallest absolute Gasteiger partial charge is 0.278 e. The topological polar surface area (TPSA) is 35.9 Å². The van der Waals surface area contributed by atoms with Gasteiger partial charge in [-0.2, -0.15) is 0 Å². The van der Waals surface area contributed by atoms with Gasteiger partial charge < -0.3 is 9.80 Å². The van der Waals surface area contributed by atoms with E-state index in [9.17, 15) is 4.79 Å². The van der Waals surface area contributed by atoms with Crippen molar-refractivity contribution in [3.05, 3.63) is 76.6 Å². The predicted molar refractivity (Wildman–Crippen MR) is 126 cm³/mol. The van der Waals surface area contributed by atoms with E-state index in [0.717, 1.165) is 61.3 Å². The van der Waals surface area contributed by atoms with Crippen molar-refractivity contribution in [2.24, 2.45) is 4.99 Å². The van der Waals surface area contributed by atoms with Crippen molar-refractivity contribution in [3.8, 4) is 0 Å².